The largest absolute Gasteiger partial charge is 0.388 e. The third kappa shape index (κ3) is 5.14. The number of carbonyl (C=O) groups excluding carboxylic acids is 1. The first-order valence-electron chi connectivity index (χ1n) is 1.86. The molecule has 0 aliphatic rings. The highest BCUT2D eigenvalue weighted by molar-refractivity contribution is 5.53. The summed E-state index contributed by atoms with van der Waals surface area (Å²) in [6.07, 6.45) is 2.97. The summed E-state index contributed by atoms with van der Waals surface area (Å²) in [6, 6.07) is 0. The average molecular weight is 100 g/mol. The molecule has 0 aliphatic carbocycles. The van der Waals surface area contributed by atoms with Crippen LogP contribution in [0, 0.1) is 0 Å². The molecule has 39 valence electrons. The molecule has 0 bridgehead atoms. The van der Waals surface area contributed by atoms with Gasteiger partial charge in [-0.15, -0.1) is 0 Å². The highest BCUT2D eigenvalue weighted by atomic mass is 16.6. The van der Waals surface area contributed by atoms with Crippen molar-refractivity contribution in [3.05, 3.63) is 0 Å². The Bertz CT molecular complexity index is 70.1. The Morgan fingerprint density at radius 1 is 2.00 bits per heavy atom. The molecule has 0 aromatic heterocycles. The molecule has 0 aromatic carbocycles. The van der Waals surface area contributed by atoms with Gasteiger partial charge in [-0.2, -0.15) is 0 Å². The monoisotopic (exact) mass is 100 g/mol. The van der Waals surface area contributed by atoms with E-state index >= 15 is 0 Å². The van der Waals surface area contributed by atoms with Gasteiger partial charge in [-0.25, -0.2) is 0 Å². The van der Waals surface area contributed by atoms with Gasteiger partial charge in [-0.3, -0.25) is 4.79 Å². The predicted molar refractivity (Wildman–Crippen MR) is 25.8 cm³/mol. The smallest absolute Gasteiger partial charge is 0.242 e. The Kier molecular flexibility index (Phi) is 4.51. The third-order valence-corrected chi connectivity index (χ3v) is 0.303. The van der Waals surface area contributed by atoms with Crippen LogP contribution in [0.3, 0.4) is 0 Å². The van der Waals surface area contributed by atoms with Crippen molar-refractivity contribution in [1.82, 2.24) is 0 Å². The normalized spacial score (nSPS) is 9.29. The molecule has 0 saturated carbocycles. The maximum Gasteiger partial charge on any atom is 0.242 e. The number of rotatable bonds is 3. The minimum Gasteiger partial charge on any atom is -0.388 e. The summed E-state index contributed by atoms with van der Waals surface area (Å²) in [5, 5.41) is 3.27. The second-order valence-electron chi connectivity index (χ2n) is 0.781. The van der Waals surface area contributed by atoms with Crippen molar-refractivity contribution in [2.45, 2.75) is 6.92 Å². The van der Waals surface area contributed by atoms with Crippen molar-refractivity contribution in [1.29, 1.82) is 0 Å². The van der Waals surface area contributed by atoms with E-state index in [0.717, 1.165) is 0 Å². The second kappa shape index (κ2) is 5.14. The lowest BCUT2D eigenvalue weighted by Crippen LogP contribution is -1.85. The Morgan fingerprint density at radius 2 is 2.71 bits per heavy atom. The molecule has 3 heteroatoms. The molecular weight excluding hydrogens is 94.0 g/mol. The van der Waals surface area contributed by atoms with Crippen molar-refractivity contribution in [2.75, 3.05) is 6.61 Å². The molecule has 0 spiro atoms. The van der Waals surface area contributed by atoms with E-state index in [1.165, 1.54) is 12.5 Å². The third-order valence-electron chi connectivity index (χ3n) is 0.303. The van der Waals surface area contributed by atoms with Gasteiger partial charge in [0.25, 0.3) is 0 Å². The van der Waals surface area contributed by atoms with Crippen molar-refractivity contribution >= 4 is 12.5 Å². The maximum atomic E-state index is 9.36. The van der Waals surface area contributed by atoms with E-state index in [1.54, 1.807) is 6.92 Å². The SMILES string of the molecule is C/C=N/OC[C]=O. The fourth-order valence-corrected chi connectivity index (χ4v) is 0.138. The van der Waals surface area contributed by atoms with Crippen molar-refractivity contribution < 1.29 is 9.63 Å². The molecule has 0 atom stereocenters. The molecule has 7 heavy (non-hydrogen) atoms. The van der Waals surface area contributed by atoms with E-state index in [2.05, 4.69) is 9.99 Å². The van der Waals surface area contributed by atoms with Crippen LogP contribution in [0.1, 0.15) is 6.92 Å². The van der Waals surface area contributed by atoms with Crippen molar-refractivity contribution in [3.63, 3.8) is 0 Å². The fraction of sp³-hybridized carbons (Fsp3) is 0.500. The molecule has 0 heterocycles. The van der Waals surface area contributed by atoms with Gasteiger partial charge in [-0.1, -0.05) is 5.16 Å². The van der Waals surface area contributed by atoms with Crippen LogP contribution in [-0.2, 0) is 9.63 Å². The number of hydrogen-bond donors (Lipinski definition) is 0. The number of nitrogens with zero attached hydrogens (tertiary/aromatic N) is 1. The zero-order valence-electron chi connectivity index (χ0n) is 4.05. The summed E-state index contributed by atoms with van der Waals surface area (Å²) in [6.45, 7) is 1.62. The topological polar surface area (TPSA) is 38.7 Å². The van der Waals surface area contributed by atoms with E-state index in [-0.39, 0.29) is 6.61 Å². The van der Waals surface area contributed by atoms with E-state index in [0.29, 0.717) is 0 Å². The van der Waals surface area contributed by atoms with Gasteiger partial charge < -0.3 is 4.84 Å². The Morgan fingerprint density at radius 3 is 3.14 bits per heavy atom. The highest BCUT2D eigenvalue weighted by Gasteiger charge is 1.72. The van der Waals surface area contributed by atoms with Crippen LogP contribution in [0.2, 0.25) is 0 Å². The Labute approximate surface area is 42.0 Å². The highest BCUT2D eigenvalue weighted by Crippen LogP contribution is 1.66. The predicted octanol–water partition coefficient (Wildman–Crippen LogP) is 0.118. The summed E-state index contributed by atoms with van der Waals surface area (Å²) in [5.74, 6) is 0. The lowest BCUT2D eigenvalue weighted by molar-refractivity contribution is 0.183. The van der Waals surface area contributed by atoms with Crippen LogP contribution in [0.15, 0.2) is 5.16 Å². The maximum absolute atomic E-state index is 9.36. The van der Waals surface area contributed by atoms with Crippen LogP contribution in [0.4, 0.5) is 0 Å². The van der Waals surface area contributed by atoms with E-state index in [1.807, 2.05) is 0 Å². The fourth-order valence-electron chi connectivity index (χ4n) is 0.138. The van der Waals surface area contributed by atoms with Gasteiger partial charge in [0.1, 0.15) is 0 Å². The first-order valence-corrected chi connectivity index (χ1v) is 1.86. The molecule has 0 saturated heterocycles. The van der Waals surface area contributed by atoms with E-state index in [4.69, 9.17) is 0 Å². The van der Waals surface area contributed by atoms with Crippen LogP contribution in [0.5, 0.6) is 0 Å². The van der Waals surface area contributed by atoms with Gasteiger partial charge in [0.05, 0.1) is 0 Å². The van der Waals surface area contributed by atoms with E-state index < -0.39 is 0 Å². The molecule has 0 rings (SSSR count). The second-order valence-corrected chi connectivity index (χ2v) is 0.781. The van der Waals surface area contributed by atoms with Crippen LogP contribution >= 0.6 is 0 Å². The lowest BCUT2D eigenvalue weighted by atomic mass is 10.8. The van der Waals surface area contributed by atoms with Gasteiger partial charge >= 0.3 is 0 Å². The molecule has 1 radical (unpaired) electrons. The van der Waals surface area contributed by atoms with Crippen molar-refractivity contribution in [2.24, 2.45) is 5.16 Å². The standard InChI is InChI=1S/C4H6NO2/c1-2-5-7-4-3-6/h2H,4H2,1H3/b5-2+. The first kappa shape index (κ1) is 6.14. The zero-order valence-corrected chi connectivity index (χ0v) is 4.05. The molecule has 3 nitrogen and oxygen atoms in total. The van der Waals surface area contributed by atoms with Gasteiger partial charge in [-0.05, 0) is 6.92 Å². The summed E-state index contributed by atoms with van der Waals surface area (Å²) in [5.41, 5.74) is 0. The van der Waals surface area contributed by atoms with Crippen LogP contribution in [0.25, 0.3) is 0 Å². The van der Waals surface area contributed by atoms with Gasteiger partial charge in [0, 0.05) is 6.21 Å². The first-order chi connectivity index (χ1) is 3.41. The number of hydrogen-bond acceptors (Lipinski definition) is 3. The summed E-state index contributed by atoms with van der Waals surface area (Å²) in [4.78, 5) is 13.6. The molecule has 0 unspecified atom stereocenters. The van der Waals surface area contributed by atoms with E-state index in [9.17, 15) is 4.79 Å². The molecule has 0 aliphatic heterocycles. The van der Waals surface area contributed by atoms with Gasteiger partial charge in [0.2, 0.25) is 6.29 Å². The number of oxime groups is 1. The quantitative estimate of drug-likeness (QED) is 0.287. The molecular formula is C4H6NO2. The van der Waals surface area contributed by atoms with Crippen molar-refractivity contribution in [3.8, 4) is 0 Å². The Balaban J connectivity index is 2.82. The minimum atomic E-state index is -0.0790. The Hall–Kier alpha value is -0.860. The summed E-state index contributed by atoms with van der Waals surface area (Å²) in [7, 11) is 0. The van der Waals surface area contributed by atoms with Gasteiger partial charge in [0.15, 0.2) is 6.61 Å². The summed E-state index contributed by atoms with van der Waals surface area (Å²) < 4.78 is 0. The molecule has 0 aromatic rings. The zero-order chi connectivity index (χ0) is 5.54. The molecule has 0 fully saturated rings. The van der Waals surface area contributed by atoms with Crippen LogP contribution < -0.4 is 0 Å². The lowest BCUT2D eigenvalue weighted by Gasteiger charge is -1.83. The molecule has 0 amide bonds. The van der Waals surface area contributed by atoms with Crippen LogP contribution in [-0.4, -0.2) is 19.1 Å². The average Bonchev–Trinajstić information content (AvgIpc) is 1.69. The minimum absolute atomic E-state index is 0.0790. The summed E-state index contributed by atoms with van der Waals surface area (Å²) >= 11 is 0. The molecule has 0 N–H and O–H groups in total.